The van der Waals surface area contributed by atoms with Crippen LogP contribution < -0.4 is 4.90 Å². The molecule has 0 aliphatic rings. The van der Waals surface area contributed by atoms with Crippen LogP contribution in [0.5, 0.6) is 0 Å². The molecule has 5 heteroatoms. The lowest BCUT2D eigenvalue weighted by Crippen LogP contribution is -2.24. The monoisotopic (exact) mass is 272 g/mol. The maximum atomic E-state index is 9.07. The fraction of sp³-hybridized carbons (Fsp3) is 0.214. The maximum Gasteiger partial charge on any atom is 0.183 e. The van der Waals surface area contributed by atoms with Crippen LogP contribution in [0.15, 0.2) is 36.7 Å². The van der Waals surface area contributed by atoms with E-state index in [0.29, 0.717) is 16.5 Å². The Kier molecular flexibility index (Phi) is 3.98. The predicted molar refractivity (Wildman–Crippen MR) is 75.0 cm³/mol. The van der Waals surface area contributed by atoms with E-state index < -0.39 is 0 Å². The molecule has 2 aromatic rings. The first-order valence-corrected chi connectivity index (χ1v) is 6.21. The second-order valence-electron chi connectivity index (χ2n) is 4.15. The highest BCUT2D eigenvalue weighted by Gasteiger charge is 2.18. The van der Waals surface area contributed by atoms with Crippen LogP contribution in [0.1, 0.15) is 24.2 Å². The summed E-state index contributed by atoms with van der Waals surface area (Å²) >= 11 is 6.20. The van der Waals surface area contributed by atoms with Crippen molar-refractivity contribution in [1.82, 2.24) is 9.97 Å². The van der Waals surface area contributed by atoms with Crippen molar-refractivity contribution in [2.24, 2.45) is 0 Å². The fourth-order valence-corrected chi connectivity index (χ4v) is 2.17. The van der Waals surface area contributed by atoms with Crippen molar-refractivity contribution in [3.8, 4) is 6.07 Å². The van der Waals surface area contributed by atoms with Crippen molar-refractivity contribution in [2.45, 2.75) is 13.0 Å². The molecule has 1 atom stereocenters. The molecule has 0 aliphatic heterocycles. The van der Waals surface area contributed by atoms with Gasteiger partial charge in [0.15, 0.2) is 11.5 Å². The van der Waals surface area contributed by atoms with Crippen LogP contribution >= 0.6 is 11.6 Å². The number of rotatable bonds is 3. The molecule has 0 saturated heterocycles. The van der Waals surface area contributed by atoms with Gasteiger partial charge < -0.3 is 4.90 Å². The summed E-state index contributed by atoms with van der Waals surface area (Å²) in [6, 6.07) is 9.69. The molecule has 1 heterocycles. The zero-order valence-electron chi connectivity index (χ0n) is 10.7. The van der Waals surface area contributed by atoms with Gasteiger partial charge in [0.2, 0.25) is 0 Å². The molecule has 0 bridgehead atoms. The Hall–Kier alpha value is -2.12. The third kappa shape index (κ3) is 2.67. The van der Waals surface area contributed by atoms with Gasteiger partial charge in [0.25, 0.3) is 0 Å². The summed E-state index contributed by atoms with van der Waals surface area (Å²) in [6.07, 6.45) is 3.09. The normalized spacial score (nSPS) is 11.7. The van der Waals surface area contributed by atoms with Gasteiger partial charge in [-0.15, -0.1) is 0 Å². The zero-order valence-corrected chi connectivity index (χ0v) is 11.5. The van der Waals surface area contributed by atoms with Crippen LogP contribution in [0.4, 0.5) is 5.82 Å². The Morgan fingerprint density at radius 3 is 2.63 bits per heavy atom. The molecule has 0 saturated carbocycles. The van der Waals surface area contributed by atoms with E-state index in [-0.39, 0.29) is 6.04 Å². The summed E-state index contributed by atoms with van der Waals surface area (Å²) in [4.78, 5) is 10.1. The number of anilines is 1. The summed E-state index contributed by atoms with van der Waals surface area (Å²) in [7, 11) is 1.87. The molecule has 19 heavy (non-hydrogen) atoms. The Labute approximate surface area is 117 Å². The number of nitriles is 1. The SMILES string of the molecule is CC(c1ccccc1Cl)N(C)c1nccnc1C#N. The van der Waals surface area contributed by atoms with Crippen molar-refractivity contribution >= 4 is 17.4 Å². The van der Waals surface area contributed by atoms with Crippen molar-refractivity contribution in [3.05, 3.63) is 52.9 Å². The first-order valence-electron chi connectivity index (χ1n) is 5.83. The van der Waals surface area contributed by atoms with Gasteiger partial charge in [0, 0.05) is 24.5 Å². The second-order valence-corrected chi connectivity index (χ2v) is 4.56. The molecule has 1 aromatic carbocycles. The Bertz CT molecular complexity index is 621. The van der Waals surface area contributed by atoms with Crippen LogP contribution in [0.2, 0.25) is 5.02 Å². The summed E-state index contributed by atoms with van der Waals surface area (Å²) < 4.78 is 0. The lowest BCUT2D eigenvalue weighted by atomic mass is 10.1. The predicted octanol–water partition coefficient (Wildman–Crippen LogP) is 3.20. The van der Waals surface area contributed by atoms with Gasteiger partial charge in [-0.1, -0.05) is 29.8 Å². The van der Waals surface area contributed by atoms with Gasteiger partial charge in [0.05, 0.1) is 6.04 Å². The molecule has 0 N–H and O–H groups in total. The van der Waals surface area contributed by atoms with E-state index in [2.05, 4.69) is 9.97 Å². The maximum absolute atomic E-state index is 9.07. The van der Waals surface area contributed by atoms with Gasteiger partial charge >= 0.3 is 0 Å². The lowest BCUT2D eigenvalue weighted by Gasteiger charge is -2.27. The summed E-state index contributed by atoms with van der Waals surface area (Å²) in [6.45, 7) is 2.01. The number of hydrogen-bond acceptors (Lipinski definition) is 4. The largest absolute Gasteiger partial charge is 0.350 e. The second kappa shape index (κ2) is 5.68. The Morgan fingerprint density at radius 2 is 1.95 bits per heavy atom. The first kappa shape index (κ1) is 13.3. The third-order valence-electron chi connectivity index (χ3n) is 3.06. The highest BCUT2D eigenvalue weighted by atomic mass is 35.5. The summed E-state index contributed by atoms with van der Waals surface area (Å²) in [5.41, 5.74) is 1.30. The quantitative estimate of drug-likeness (QED) is 0.861. The molecule has 4 nitrogen and oxygen atoms in total. The molecule has 96 valence electrons. The van der Waals surface area contributed by atoms with E-state index in [0.717, 1.165) is 5.56 Å². The number of hydrogen-bond donors (Lipinski definition) is 0. The van der Waals surface area contributed by atoms with E-state index >= 15 is 0 Å². The zero-order chi connectivity index (χ0) is 13.8. The fourth-order valence-electron chi connectivity index (χ4n) is 1.87. The lowest BCUT2D eigenvalue weighted by molar-refractivity contribution is 0.725. The molecular formula is C14H13ClN4. The molecule has 1 aromatic heterocycles. The van der Waals surface area contributed by atoms with E-state index in [1.807, 2.05) is 49.2 Å². The third-order valence-corrected chi connectivity index (χ3v) is 3.40. The smallest absolute Gasteiger partial charge is 0.183 e. The molecule has 2 rings (SSSR count). The minimum atomic E-state index is -0.00231. The van der Waals surface area contributed by atoms with Gasteiger partial charge in [-0.05, 0) is 18.6 Å². The van der Waals surface area contributed by atoms with Crippen molar-refractivity contribution in [3.63, 3.8) is 0 Å². The minimum absolute atomic E-state index is 0.00231. The van der Waals surface area contributed by atoms with Gasteiger partial charge in [-0.2, -0.15) is 5.26 Å². The van der Waals surface area contributed by atoms with Crippen LogP contribution in [0.3, 0.4) is 0 Å². The molecule has 1 unspecified atom stereocenters. The topological polar surface area (TPSA) is 52.8 Å². The van der Waals surface area contributed by atoms with Crippen molar-refractivity contribution < 1.29 is 0 Å². The molecule has 0 aliphatic carbocycles. The summed E-state index contributed by atoms with van der Waals surface area (Å²) in [5.74, 6) is 0.553. The number of benzene rings is 1. The van der Waals surface area contributed by atoms with E-state index in [9.17, 15) is 0 Å². The van der Waals surface area contributed by atoms with E-state index in [1.165, 1.54) is 6.20 Å². The number of nitrogens with zero attached hydrogens (tertiary/aromatic N) is 4. The minimum Gasteiger partial charge on any atom is -0.350 e. The number of halogens is 1. The van der Waals surface area contributed by atoms with Crippen LogP contribution in [-0.2, 0) is 0 Å². The Balaban J connectivity index is 2.37. The Morgan fingerprint density at radius 1 is 1.26 bits per heavy atom. The molecule has 0 radical (unpaired) electrons. The highest BCUT2D eigenvalue weighted by molar-refractivity contribution is 6.31. The number of aromatic nitrogens is 2. The van der Waals surface area contributed by atoms with Crippen LogP contribution in [0, 0.1) is 11.3 Å². The average molecular weight is 273 g/mol. The van der Waals surface area contributed by atoms with Crippen LogP contribution in [0.25, 0.3) is 0 Å². The molecule has 0 fully saturated rings. The van der Waals surface area contributed by atoms with Crippen molar-refractivity contribution in [1.29, 1.82) is 5.26 Å². The van der Waals surface area contributed by atoms with E-state index in [4.69, 9.17) is 16.9 Å². The summed E-state index contributed by atoms with van der Waals surface area (Å²) in [5, 5.41) is 9.77. The van der Waals surface area contributed by atoms with Crippen molar-refractivity contribution in [2.75, 3.05) is 11.9 Å². The van der Waals surface area contributed by atoms with Gasteiger partial charge in [-0.3, -0.25) is 0 Å². The average Bonchev–Trinajstić information content (AvgIpc) is 2.46. The first-order chi connectivity index (χ1) is 9.15. The molecule has 0 spiro atoms. The molecule has 0 amide bonds. The van der Waals surface area contributed by atoms with E-state index in [1.54, 1.807) is 6.20 Å². The van der Waals surface area contributed by atoms with Gasteiger partial charge in [0.1, 0.15) is 6.07 Å². The van der Waals surface area contributed by atoms with Gasteiger partial charge in [-0.25, -0.2) is 9.97 Å². The molecular weight excluding hydrogens is 260 g/mol. The standard InChI is InChI=1S/C14H13ClN4/c1-10(11-5-3-4-6-12(11)15)19(2)14-13(9-16)17-7-8-18-14/h3-8,10H,1-2H3. The van der Waals surface area contributed by atoms with Crippen LogP contribution in [-0.4, -0.2) is 17.0 Å². The highest BCUT2D eigenvalue weighted by Crippen LogP contribution is 2.29.